The number of anilines is 1. The minimum atomic E-state index is -0.939. The van der Waals surface area contributed by atoms with Gasteiger partial charge >= 0.3 is 11.8 Å². The van der Waals surface area contributed by atoms with Crippen LogP contribution in [0.5, 0.6) is 5.75 Å². The number of aromatic hydroxyl groups is 1. The van der Waals surface area contributed by atoms with E-state index < -0.39 is 11.8 Å². The molecule has 0 atom stereocenters. The molecule has 6 nitrogen and oxygen atoms in total. The Morgan fingerprint density at radius 2 is 1.70 bits per heavy atom. The highest BCUT2D eigenvalue weighted by atomic mass is 35.5. The molecule has 0 aliphatic carbocycles. The lowest BCUT2D eigenvalue weighted by Gasteiger charge is -2.05. The van der Waals surface area contributed by atoms with Gasteiger partial charge in [-0.3, -0.25) is 9.59 Å². The summed E-state index contributed by atoms with van der Waals surface area (Å²) in [6.07, 6.45) is 1.34. The summed E-state index contributed by atoms with van der Waals surface area (Å²) in [6.45, 7) is 0. The van der Waals surface area contributed by atoms with Crippen molar-refractivity contribution in [2.75, 3.05) is 5.32 Å². The standard InChI is InChI=1S/C15H11Cl2N3O3/c16-12-6-3-10(7-13(12)17)19-14(22)15(23)20-18-8-9-1-4-11(21)5-2-9/h1-8,21H,(H,19,22)(H,20,23)/b18-8-. The summed E-state index contributed by atoms with van der Waals surface area (Å²) in [5.74, 6) is -1.72. The normalized spacial score (nSPS) is 10.5. The number of nitrogens with zero attached hydrogens (tertiary/aromatic N) is 1. The molecule has 0 aliphatic rings. The molecule has 2 aromatic rings. The molecular weight excluding hydrogens is 341 g/mol. The van der Waals surface area contributed by atoms with Crippen molar-refractivity contribution in [1.82, 2.24) is 5.43 Å². The first-order valence-electron chi connectivity index (χ1n) is 6.34. The van der Waals surface area contributed by atoms with Gasteiger partial charge in [-0.1, -0.05) is 23.2 Å². The van der Waals surface area contributed by atoms with E-state index in [1.165, 1.54) is 36.5 Å². The fourth-order valence-electron chi connectivity index (χ4n) is 1.54. The van der Waals surface area contributed by atoms with E-state index in [0.29, 0.717) is 16.3 Å². The molecule has 0 unspecified atom stereocenters. The molecule has 0 aromatic heterocycles. The molecule has 0 aliphatic heterocycles. The van der Waals surface area contributed by atoms with E-state index in [1.807, 2.05) is 0 Å². The summed E-state index contributed by atoms with van der Waals surface area (Å²) in [7, 11) is 0. The van der Waals surface area contributed by atoms with Crippen LogP contribution in [-0.4, -0.2) is 23.1 Å². The maximum absolute atomic E-state index is 11.7. The molecule has 0 bridgehead atoms. The zero-order valence-electron chi connectivity index (χ0n) is 11.6. The van der Waals surface area contributed by atoms with Gasteiger partial charge in [0, 0.05) is 5.69 Å². The third kappa shape index (κ3) is 4.98. The molecule has 23 heavy (non-hydrogen) atoms. The Morgan fingerprint density at radius 1 is 1.00 bits per heavy atom. The molecule has 0 saturated carbocycles. The Balaban J connectivity index is 1.90. The van der Waals surface area contributed by atoms with Crippen LogP contribution in [-0.2, 0) is 9.59 Å². The molecule has 0 spiro atoms. The van der Waals surface area contributed by atoms with Crippen molar-refractivity contribution in [1.29, 1.82) is 0 Å². The van der Waals surface area contributed by atoms with E-state index in [2.05, 4.69) is 15.8 Å². The molecule has 3 N–H and O–H groups in total. The number of hydrazone groups is 1. The number of carbonyl (C=O) groups excluding carboxylic acids is 2. The Kier molecular flexibility index (Phi) is 5.56. The third-order valence-corrected chi connectivity index (χ3v) is 3.40. The SMILES string of the molecule is O=C(N/N=C\c1ccc(O)cc1)C(=O)Nc1ccc(Cl)c(Cl)c1. The fourth-order valence-corrected chi connectivity index (χ4v) is 1.84. The molecule has 2 aromatic carbocycles. The third-order valence-electron chi connectivity index (χ3n) is 2.66. The van der Waals surface area contributed by atoms with Gasteiger partial charge in [-0.25, -0.2) is 5.43 Å². The topological polar surface area (TPSA) is 90.8 Å². The Labute approximate surface area is 141 Å². The molecule has 2 amide bonds. The van der Waals surface area contributed by atoms with Gasteiger partial charge in [0.2, 0.25) is 0 Å². The molecule has 118 valence electrons. The number of carbonyl (C=O) groups is 2. The predicted octanol–water partition coefficient (Wildman–Crippen LogP) is 2.79. The number of halogens is 2. The van der Waals surface area contributed by atoms with E-state index >= 15 is 0 Å². The van der Waals surface area contributed by atoms with E-state index in [0.717, 1.165) is 0 Å². The molecule has 0 saturated heterocycles. The monoisotopic (exact) mass is 351 g/mol. The van der Waals surface area contributed by atoms with Gasteiger partial charge in [0.15, 0.2) is 0 Å². The van der Waals surface area contributed by atoms with Crippen LogP contribution in [0.15, 0.2) is 47.6 Å². The minimum absolute atomic E-state index is 0.118. The van der Waals surface area contributed by atoms with Gasteiger partial charge in [-0.15, -0.1) is 0 Å². The Bertz CT molecular complexity index is 761. The van der Waals surface area contributed by atoms with Crippen LogP contribution in [0.1, 0.15) is 5.56 Å². The number of amides is 2. The van der Waals surface area contributed by atoms with Crippen LogP contribution in [0.4, 0.5) is 5.69 Å². The quantitative estimate of drug-likeness (QED) is 0.451. The first-order valence-corrected chi connectivity index (χ1v) is 7.10. The molecular formula is C15H11Cl2N3O3. The van der Waals surface area contributed by atoms with Crippen LogP contribution in [0.25, 0.3) is 0 Å². The zero-order chi connectivity index (χ0) is 16.8. The fraction of sp³-hybridized carbons (Fsp3) is 0. The number of hydrogen-bond donors (Lipinski definition) is 3. The molecule has 0 radical (unpaired) electrons. The average molecular weight is 352 g/mol. The van der Waals surface area contributed by atoms with E-state index in [-0.39, 0.29) is 10.8 Å². The van der Waals surface area contributed by atoms with Crippen LogP contribution < -0.4 is 10.7 Å². The van der Waals surface area contributed by atoms with Gasteiger partial charge in [-0.05, 0) is 48.0 Å². The maximum Gasteiger partial charge on any atom is 0.329 e. The molecule has 8 heteroatoms. The van der Waals surface area contributed by atoms with Crippen molar-refractivity contribution in [3.8, 4) is 5.75 Å². The van der Waals surface area contributed by atoms with Crippen LogP contribution in [0.2, 0.25) is 10.0 Å². The van der Waals surface area contributed by atoms with Crippen LogP contribution in [0.3, 0.4) is 0 Å². The predicted molar refractivity (Wildman–Crippen MR) is 88.9 cm³/mol. The zero-order valence-corrected chi connectivity index (χ0v) is 13.1. The smallest absolute Gasteiger partial charge is 0.329 e. The van der Waals surface area contributed by atoms with Crippen LogP contribution >= 0.6 is 23.2 Å². The molecule has 0 heterocycles. The molecule has 2 rings (SSSR count). The lowest BCUT2D eigenvalue weighted by molar-refractivity contribution is -0.136. The average Bonchev–Trinajstić information content (AvgIpc) is 2.52. The Hall–Kier alpha value is -2.57. The first-order chi connectivity index (χ1) is 11.0. The number of rotatable bonds is 3. The summed E-state index contributed by atoms with van der Waals surface area (Å²) >= 11 is 11.6. The van der Waals surface area contributed by atoms with Gasteiger partial charge in [0.05, 0.1) is 16.3 Å². The summed E-state index contributed by atoms with van der Waals surface area (Å²) in [6, 6.07) is 10.6. The second-order valence-electron chi connectivity index (χ2n) is 4.37. The van der Waals surface area contributed by atoms with Crippen molar-refractivity contribution in [3.63, 3.8) is 0 Å². The van der Waals surface area contributed by atoms with Crippen LogP contribution in [0, 0.1) is 0 Å². The largest absolute Gasteiger partial charge is 0.508 e. The van der Waals surface area contributed by atoms with E-state index in [4.69, 9.17) is 28.3 Å². The van der Waals surface area contributed by atoms with Gasteiger partial charge in [0.25, 0.3) is 0 Å². The van der Waals surface area contributed by atoms with Crippen molar-refractivity contribution >= 4 is 46.9 Å². The van der Waals surface area contributed by atoms with Crippen molar-refractivity contribution < 1.29 is 14.7 Å². The van der Waals surface area contributed by atoms with Crippen molar-refractivity contribution in [3.05, 3.63) is 58.1 Å². The number of hydrogen-bond acceptors (Lipinski definition) is 4. The lowest BCUT2D eigenvalue weighted by Crippen LogP contribution is -2.32. The Morgan fingerprint density at radius 3 is 2.35 bits per heavy atom. The summed E-state index contributed by atoms with van der Waals surface area (Å²) < 4.78 is 0. The highest BCUT2D eigenvalue weighted by molar-refractivity contribution is 6.42. The van der Waals surface area contributed by atoms with E-state index in [9.17, 15) is 9.59 Å². The maximum atomic E-state index is 11.7. The number of phenols is 1. The van der Waals surface area contributed by atoms with Crippen molar-refractivity contribution in [2.24, 2.45) is 5.10 Å². The first kappa shape index (κ1) is 16.8. The summed E-state index contributed by atoms with van der Waals surface area (Å²) in [5.41, 5.74) is 3.07. The lowest BCUT2D eigenvalue weighted by atomic mass is 10.2. The van der Waals surface area contributed by atoms with Gasteiger partial charge < -0.3 is 10.4 Å². The van der Waals surface area contributed by atoms with Gasteiger partial charge in [0.1, 0.15) is 5.75 Å². The minimum Gasteiger partial charge on any atom is -0.508 e. The second kappa shape index (κ2) is 7.62. The second-order valence-corrected chi connectivity index (χ2v) is 5.19. The number of benzene rings is 2. The summed E-state index contributed by atoms with van der Waals surface area (Å²) in [4.78, 5) is 23.3. The van der Waals surface area contributed by atoms with E-state index in [1.54, 1.807) is 12.1 Å². The highest BCUT2D eigenvalue weighted by Crippen LogP contribution is 2.24. The summed E-state index contributed by atoms with van der Waals surface area (Å²) in [5, 5.41) is 15.8. The number of phenolic OH excluding ortho intramolecular Hbond substituents is 1. The van der Waals surface area contributed by atoms with Crippen molar-refractivity contribution in [2.45, 2.75) is 0 Å². The number of nitrogens with one attached hydrogen (secondary N) is 2. The molecule has 0 fully saturated rings. The van der Waals surface area contributed by atoms with Gasteiger partial charge in [-0.2, -0.15) is 5.10 Å². The highest BCUT2D eigenvalue weighted by Gasteiger charge is 2.13.